The first-order valence-corrected chi connectivity index (χ1v) is 6.41. The van der Waals surface area contributed by atoms with Gasteiger partial charge < -0.3 is 9.64 Å². The summed E-state index contributed by atoms with van der Waals surface area (Å²) in [6.45, 7) is 2.14. The Morgan fingerprint density at radius 1 is 1.59 bits per heavy atom. The van der Waals surface area contributed by atoms with Crippen LogP contribution in [0.1, 0.15) is 6.92 Å². The fourth-order valence-corrected chi connectivity index (χ4v) is 2.17. The molecule has 0 radical (unpaired) electrons. The molecule has 0 bridgehead atoms. The van der Waals surface area contributed by atoms with Gasteiger partial charge in [-0.2, -0.15) is 0 Å². The molecule has 96 valence electrons. The Hall–Kier alpha value is -1.08. The third kappa shape index (κ3) is 4.01. The Labute approximate surface area is 104 Å². The molecule has 0 saturated carbocycles. The van der Waals surface area contributed by atoms with Gasteiger partial charge in [-0.3, -0.25) is 19.7 Å². The van der Waals surface area contributed by atoms with Crippen molar-refractivity contribution in [1.82, 2.24) is 10.2 Å². The van der Waals surface area contributed by atoms with Crippen molar-refractivity contribution in [3.05, 3.63) is 0 Å². The van der Waals surface area contributed by atoms with Crippen LogP contribution in [0.2, 0.25) is 0 Å². The standard InChI is InChI=1S/C10H16N2O4S/c1-7-10(15)11-8(13)5-12(7)9(14)6-17-4-3-16-2/h7H,3-6H2,1-2H3,(H,11,13,15). The Morgan fingerprint density at radius 3 is 2.94 bits per heavy atom. The molecular formula is C10H16N2O4S. The van der Waals surface area contributed by atoms with E-state index in [4.69, 9.17) is 4.74 Å². The number of nitrogens with one attached hydrogen (secondary N) is 1. The first-order chi connectivity index (χ1) is 8.06. The summed E-state index contributed by atoms with van der Waals surface area (Å²) >= 11 is 1.42. The Balaban J connectivity index is 2.44. The number of rotatable bonds is 5. The van der Waals surface area contributed by atoms with E-state index in [1.165, 1.54) is 16.7 Å². The lowest BCUT2D eigenvalue weighted by Crippen LogP contribution is -2.59. The minimum absolute atomic E-state index is 0.0451. The van der Waals surface area contributed by atoms with Gasteiger partial charge in [0.2, 0.25) is 17.7 Å². The summed E-state index contributed by atoms with van der Waals surface area (Å²) in [5.74, 6) is -0.0691. The van der Waals surface area contributed by atoms with Crippen LogP contribution in [0.25, 0.3) is 0 Å². The Kier molecular flexibility index (Phi) is 5.43. The van der Waals surface area contributed by atoms with E-state index in [0.717, 1.165) is 0 Å². The Morgan fingerprint density at radius 2 is 2.29 bits per heavy atom. The number of amides is 3. The third-order valence-corrected chi connectivity index (χ3v) is 3.31. The molecule has 1 rings (SSSR count). The van der Waals surface area contributed by atoms with Crippen LogP contribution in [0.15, 0.2) is 0 Å². The molecule has 1 saturated heterocycles. The van der Waals surface area contributed by atoms with Gasteiger partial charge in [-0.05, 0) is 6.92 Å². The van der Waals surface area contributed by atoms with E-state index < -0.39 is 17.9 Å². The van der Waals surface area contributed by atoms with Gasteiger partial charge in [-0.1, -0.05) is 0 Å². The van der Waals surface area contributed by atoms with Crippen molar-refractivity contribution in [2.45, 2.75) is 13.0 Å². The zero-order valence-corrected chi connectivity index (χ0v) is 10.7. The molecule has 1 unspecified atom stereocenters. The number of carbonyl (C=O) groups is 3. The highest BCUT2D eigenvalue weighted by Crippen LogP contribution is 2.09. The molecule has 1 heterocycles. The van der Waals surface area contributed by atoms with Crippen LogP contribution in [0.3, 0.4) is 0 Å². The Bertz CT molecular complexity index is 321. The van der Waals surface area contributed by atoms with Crippen molar-refractivity contribution < 1.29 is 19.1 Å². The van der Waals surface area contributed by atoms with Gasteiger partial charge in [0, 0.05) is 12.9 Å². The van der Waals surface area contributed by atoms with Crippen LogP contribution in [-0.2, 0) is 19.1 Å². The average Bonchev–Trinajstić information content (AvgIpc) is 2.29. The van der Waals surface area contributed by atoms with Crippen LogP contribution in [0.4, 0.5) is 0 Å². The number of hydrogen-bond acceptors (Lipinski definition) is 5. The molecule has 3 amide bonds. The highest BCUT2D eigenvalue weighted by molar-refractivity contribution is 7.99. The normalized spacial score (nSPS) is 20.4. The summed E-state index contributed by atoms with van der Waals surface area (Å²) < 4.78 is 4.86. The van der Waals surface area contributed by atoms with Crippen molar-refractivity contribution in [3.8, 4) is 0 Å². The second kappa shape index (κ2) is 6.61. The molecule has 1 N–H and O–H groups in total. The predicted molar refractivity (Wildman–Crippen MR) is 63.5 cm³/mol. The van der Waals surface area contributed by atoms with Crippen LogP contribution in [-0.4, -0.2) is 60.4 Å². The lowest BCUT2D eigenvalue weighted by Gasteiger charge is -2.31. The smallest absolute Gasteiger partial charge is 0.249 e. The SMILES string of the molecule is COCCSCC(=O)N1CC(=O)NC(=O)C1C. The third-order valence-electron chi connectivity index (χ3n) is 2.40. The molecule has 17 heavy (non-hydrogen) atoms. The van der Waals surface area contributed by atoms with Gasteiger partial charge >= 0.3 is 0 Å². The van der Waals surface area contributed by atoms with Crippen molar-refractivity contribution in [2.75, 3.05) is 31.8 Å². The van der Waals surface area contributed by atoms with Gasteiger partial charge in [0.15, 0.2) is 0 Å². The van der Waals surface area contributed by atoms with Crippen LogP contribution in [0.5, 0.6) is 0 Å². The lowest BCUT2D eigenvalue weighted by atomic mass is 10.2. The van der Waals surface area contributed by atoms with Crippen LogP contribution in [0, 0.1) is 0 Å². The number of piperazine rings is 1. The maximum absolute atomic E-state index is 11.8. The fraction of sp³-hybridized carbons (Fsp3) is 0.700. The number of thioether (sulfide) groups is 1. The molecule has 1 aliphatic rings. The van der Waals surface area contributed by atoms with Crippen LogP contribution < -0.4 is 5.32 Å². The van der Waals surface area contributed by atoms with Gasteiger partial charge in [0.25, 0.3) is 0 Å². The monoisotopic (exact) mass is 260 g/mol. The average molecular weight is 260 g/mol. The summed E-state index contributed by atoms with van der Waals surface area (Å²) in [4.78, 5) is 35.6. The van der Waals surface area contributed by atoms with E-state index >= 15 is 0 Å². The zero-order valence-electron chi connectivity index (χ0n) is 9.89. The van der Waals surface area contributed by atoms with Gasteiger partial charge in [0.1, 0.15) is 12.6 Å². The van der Waals surface area contributed by atoms with Crippen molar-refractivity contribution in [1.29, 1.82) is 0 Å². The van der Waals surface area contributed by atoms with Gasteiger partial charge in [0.05, 0.1) is 12.4 Å². The highest BCUT2D eigenvalue weighted by Gasteiger charge is 2.32. The summed E-state index contributed by atoms with van der Waals surface area (Å²) in [6.07, 6.45) is 0. The maximum Gasteiger partial charge on any atom is 0.249 e. The summed E-state index contributed by atoms with van der Waals surface area (Å²) in [5, 5.41) is 2.19. The highest BCUT2D eigenvalue weighted by atomic mass is 32.2. The number of methoxy groups -OCH3 is 1. The first-order valence-electron chi connectivity index (χ1n) is 5.26. The second-order valence-corrected chi connectivity index (χ2v) is 4.76. The summed E-state index contributed by atoms with van der Waals surface area (Å²) in [7, 11) is 1.60. The lowest BCUT2D eigenvalue weighted by molar-refractivity contribution is -0.148. The first kappa shape index (κ1) is 14.0. The van der Waals surface area contributed by atoms with E-state index in [1.54, 1.807) is 14.0 Å². The van der Waals surface area contributed by atoms with E-state index in [-0.39, 0.29) is 18.2 Å². The van der Waals surface area contributed by atoms with Gasteiger partial charge in [-0.25, -0.2) is 0 Å². The van der Waals surface area contributed by atoms with Crippen molar-refractivity contribution in [2.24, 2.45) is 0 Å². The summed E-state index contributed by atoms with van der Waals surface area (Å²) in [6, 6.07) is -0.580. The molecular weight excluding hydrogens is 244 g/mol. The molecule has 1 fully saturated rings. The molecule has 0 aromatic carbocycles. The molecule has 1 aliphatic heterocycles. The number of nitrogens with zero attached hydrogens (tertiary/aromatic N) is 1. The van der Waals surface area contributed by atoms with E-state index in [1.807, 2.05) is 0 Å². The molecule has 6 nitrogen and oxygen atoms in total. The molecule has 7 heteroatoms. The number of ether oxygens (including phenoxy) is 1. The minimum Gasteiger partial charge on any atom is -0.384 e. The quantitative estimate of drug-likeness (QED) is 0.519. The number of hydrogen-bond donors (Lipinski definition) is 1. The number of carbonyl (C=O) groups excluding carboxylic acids is 3. The molecule has 0 aromatic heterocycles. The second-order valence-electron chi connectivity index (χ2n) is 3.66. The predicted octanol–water partition coefficient (Wildman–Crippen LogP) is -0.760. The molecule has 0 aromatic rings. The maximum atomic E-state index is 11.8. The van der Waals surface area contributed by atoms with Crippen molar-refractivity contribution >= 4 is 29.5 Å². The zero-order chi connectivity index (χ0) is 12.8. The minimum atomic E-state index is -0.580. The fourth-order valence-electron chi connectivity index (χ4n) is 1.40. The van der Waals surface area contributed by atoms with E-state index in [9.17, 15) is 14.4 Å². The number of imide groups is 1. The largest absolute Gasteiger partial charge is 0.384 e. The van der Waals surface area contributed by atoms with Gasteiger partial charge in [-0.15, -0.1) is 11.8 Å². The topological polar surface area (TPSA) is 75.7 Å². The molecule has 0 spiro atoms. The van der Waals surface area contributed by atoms with E-state index in [2.05, 4.69) is 5.32 Å². The van der Waals surface area contributed by atoms with E-state index in [0.29, 0.717) is 12.4 Å². The van der Waals surface area contributed by atoms with Crippen LogP contribution >= 0.6 is 11.8 Å². The van der Waals surface area contributed by atoms with Crippen molar-refractivity contribution in [3.63, 3.8) is 0 Å². The molecule has 0 aliphatic carbocycles. The molecule has 1 atom stereocenters. The summed E-state index contributed by atoms with van der Waals surface area (Å²) in [5.41, 5.74) is 0.